The number of thiophene rings is 1. The minimum absolute atomic E-state index is 0.0253. The van der Waals surface area contributed by atoms with Gasteiger partial charge in [0.05, 0.1) is 16.1 Å². The maximum Gasteiger partial charge on any atom is 0.259 e. The predicted octanol–water partition coefficient (Wildman–Crippen LogP) is 5.30. The van der Waals surface area contributed by atoms with Crippen molar-refractivity contribution >= 4 is 28.8 Å². The van der Waals surface area contributed by atoms with Crippen LogP contribution in [0, 0.1) is 6.92 Å². The fourth-order valence-corrected chi connectivity index (χ4v) is 4.05. The number of amides is 2. The zero-order valence-electron chi connectivity index (χ0n) is 18.1. The highest BCUT2D eigenvalue weighted by Gasteiger charge is 2.20. The number of aromatic nitrogens is 2. The summed E-state index contributed by atoms with van der Waals surface area (Å²) in [6.45, 7) is 5.70. The van der Waals surface area contributed by atoms with E-state index < -0.39 is 0 Å². The first kappa shape index (κ1) is 21.5. The van der Waals surface area contributed by atoms with Crippen LogP contribution in [-0.2, 0) is 0 Å². The van der Waals surface area contributed by atoms with Crippen molar-refractivity contribution in [1.82, 2.24) is 15.1 Å². The van der Waals surface area contributed by atoms with Crippen molar-refractivity contribution in [2.24, 2.45) is 0 Å². The number of nitrogens with zero attached hydrogens (tertiary/aromatic N) is 2. The summed E-state index contributed by atoms with van der Waals surface area (Å²) < 4.78 is 1.71. The van der Waals surface area contributed by atoms with E-state index in [2.05, 4.69) is 15.7 Å². The van der Waals surface area contributed by atoms with Gasteiger partial charge in [-0.15, -0.1) is 11.3 Å². The van der Waals surface area contributed by atoms with E-state index >= 15 is 0 Å². The Hall–Kier alpha value is -3.71. The van der Waals surface area contributed by atoms with Crippen LogP contribution in [0.2, 0.25) is 0 Å². The number of aryl methyl sites for hydroxylation is 1. The molecular weight excluding hydrogens is 420 g/mol. The second-order valence-corrected chi connectivity index (χ2v) is 8.71. The molecular formula is C25H24N4O2S. The standard InChI is InChI=1S/C25H24N4O2S/c1-16(2)26-24(30)20-14-18(12-11-17(20)3)27-25(31)21-15-29(19-8-5-4-6-9-19)28-23(21)22-10-7-13-32-22/h4-16H,1-3H3,(H,26,30)(H,27,31). The first-order valence-electron chi connectivity index (χ1n) is 10.3. The van der Waals surface area contributed by atoms with Gasteiger partial charge in [0.1, 0.15) is 5.69 Å². The Labute approximate surface area is 190 Å². The van der Waals surface area contributed by atoms with Gasteiger partial charge >= 0.3 is 0 Å². The van der Waals surface area contributed by atoms with Gasteiger partial charge in [-0.05, 0) is 62.0 Å². The highest BCUT2D eigenvalue weighted by Crippen LogP contribution is 2.28. The van der Waals surface area contributed by atoms with Gasteiger partial charge in [-0.1, -0.05) is 30.3 Å². The van der Waals surface area contributed by atoms with E-state index in [0.29, 0.717) is 22.5 Å². The van der Waals surface area contributed by atoms with Crippen molar-refractivity contribution in [3.63, 3.8) is 0 Å². The number of para-hydroxylation sites is 1. The minimum Gasteiger partial charge on any atom is -0.350 e. The third-order valence-corrected chi connectivity index (χ3v) is 5.77. The molecule has 0 fully saturated rings. The van der Waals surface area contributed by atoms with Gasteiger partial charge in [0, 0.05) is 23.5 Å². The molecule has 2 amide bonds. The average Bonchev–Trinajstić information content (AvgIpc) is 3.45. The van der Waals surface area contributed by atoms with E-state index in [1.54, 1.807) is 23.0 Å². The van der Waals surface area contributed by atoms with Gasteiger partial charge < -0.3 is 10.6 Å². The highest BCUT2D eigenvalue weighted by molar-refractivity contribution is 7.13. The minimum atomic E-state index is -0.283. The smallest absolute Gasteiger partial charge is 0.259 e. The van der Waals surface area contributed by atoms with Crippen LogP contribution in [0.25, 0.3) is 16.3 Å². The zero-order chi connectivity index (χ0) is 22.7. The quantitative estimate of drug-likeness (QED) is 0.424. The van der Waals surface area contributed by atoms with Crippen LogP contribution in [0.15, 0.2) is 72.2 Å². The molecule has 0 radical (unpaired) electrons. The van der Waals surface area contributed by atoms with Crippen molar-refractivity contribution < 1.29 is 9.59 Å². The molecule has 162 valence electrons. The molecule has 0 saturated carbocycles. The second-order valence-electron chi connectivity index (χ2n) is 7.76. The van der Waals surface area contributed by atoms with Crippen molar-refractivity contribution in [2.75, 3.05) is 5.32 Å². The topological polar surface area (TPSA) is 76.0 Å². The van der Waals surface area contributed by atoms with Gasteiger partial charge in [0.15, 0.2) is 0 Å². The lowest BCUT2D eigenvalue weighted by atomic mass is 10.1. The highest BCUT2D eigenvalue weighted by atomic mass is 32.1. The Morgan fingerprint density at radius 3 is 2.44 bits per heavy atom. The molecule has 0 unspecified atom stereocenters. The molecule has 0 spiro atoms. The SMILES string of the molecule is Cc1ccc(NC(=O)c2cn(-c3ccccc3)nc2-c2cccs2)cc1C(=O)NC(C)C. The normalized spacial score (nSPS) is 10.9. The first-order valence-corrected chi connectivity index (χ1v) is 11.2. The number of benzene rings is 2. The van der Waals surface area contributed by atoms with E-state index in [-0.39, 0.29) is 17.9 Å². The third kappa shape index (κ3) is 4.63. The largest absolute Gasteiger partial charge is 0.350 e. The second kappa shape index (κ2) is 9.20. The van der Waals surface area contributed by atoms with Crippen molar-refractivity contribution in [1.29, 1.82) is 0 Å². The molecule has 2 aromatic carbocycles. The number of carbonyl (C=O) groups excluding carboxylic acids is 2. The Bertz CT molecular complexity index is 1240. The van der Waals surface area contributed by atoms with Gasteiger partial charge in [-0.2, -0.15) is 5.10 Å². The Balaban J connectivity index is 1.66. The monoisotopic (exact) mass is 444 g/mol. The summed E-state index contributed by atoms with van der Waals surface area (Å²) in [6.07, 6.45) is 1.74. The predicted molar refractivity (Wildman–Crippen MR) is 129 cm³/mol. The van der Waals surface area contributed by atoms with Gasteiger partial charge in [0.25, 0.3) is 11.8 Å². The fraction of sp³-hybridized carbons (Fsp3) is 0.160. The van der Waals surface area contributed by atoms with E-state index in [4.69, 9.17) is 0 Å². The molecule has 0 aliphatic carbocycles. The average molecular weight is 445 g/mol. The lowest BCUT2D eigenvalue weighted by molar-refractivity contribution is 0.0941. The molecule has 0 aliphatic heterocycles. The van der Waals surface area contributed by atoms with Crippen LogP contribution in [-0.4, -0.2) is 27.6 Å². The summed E-state index contributed by atoms with van der Waals surface area (Å²) >= 11 is 1.53. The Morgan fingerprint density at radius 1 is 0.969 bits per heavy atom. The molecule has 6 nitrogen and oxygen atoms in total. The third-order valence-electron chi connectivity index (χ3n) is 4.89. The van der Waals surface area contributed by atoms with Crippen LogP contribution in [0.1, 0.15) is 40.1 Å². The molecule has 0 bridgehead atoms. The van der Waals surface area contributed by atoms with Gasteiger partial charge in [-0.25, -0.2) is 4.68 Å². The Morgan fingerprint density at radius 2 is 1.75 bits per heavy atom. The molecule has 0 aliphatic rings. The van der Waals surface area contributed by atoms with Crippen molar-refractivity contribution in [3.05, 3.63) is 88.9 Å². The van der Waals surface area contributed by atoms with Gasteiger partial charge in [0.2, 0.25) is 0 Å². The molecule has 2 aromatic heterocycles. The number of hydrogen-bond acceptors (Lipinski definition) is 4. The summed E-state index contributed by atoms with van der Waals surface area (Å²) in [7, 11) is 0. The molecule has 4 rings (SSSR count). The molecule has 0 atom stereocenters. The lowest BCUT2D eigenvalue weighted by Gasteiger charge is -2.12. The molecule has 2 heterocycles. The lowest BCUT2D eigenvalue weighted by Crippen LogP contribution is -2.30. The summed E-state index contributed by atoms with van der Waals surface area (Å²) in [4.78, 5) is 26.7. The molecule has 2 N–H and O–H groups in total. The number of hydrogen-bond donors (Lipinski definition) is 2. The first-order chi connectivity index (χ1) is 15.4. The van der Waals surface area contributed by atoms with E-state index in [9.17, 15) is 9.59 Å². The fourth-order valence-electron chi connectivity index (χ4n) is 3.33. The molecule has 7 heteroatoms. The van der Waals surface area contributed by atoms with E-state index in [0.717, 1.165) is 16.1 Å². The van der Waals surface area contributed by atoms with E-state index in [1.807, 2.05) is 74.7 Å². The number of carbonyl (C=O) groups is 2. The molecule has 0 saturated heterocycles. The van der Waals surface area contributed by atoms with E-state index in [1.165, 1.54) is 11.3 Å². The molecule has 4 aromatic rings. The Kier molecular flexibility index (Phi) is 6.18. The van der Waals surface area contributed by atoms with Crippen LogP contribution in [0.5, 0.6) is 0 Å². The number of rotatable bonds is 6. The number of anilines is 1. The maximum atomic E-state index is 13.3. The maximum absolute atomic E-state index is 13.3. The summed E-state index contributed by atoms with van der Waals surface area (Å²) in [6, 6.07) is 18.9. The van der Waals surface area contributed by atoms with Gasteiger partial charge in [-0.3, -0.25) is 9.59 Å². The molecule has 32 heavy (non-hydrogen) atoms. The summed E-state index contributed by atoms with van der Waals surface area (Å²) in [5.74, 6) is -0.445. The van der Waals surface area contributed by atoms with Crippen LogP contribution in [0.4, 0.5) is 5.69 Å². The van der Waals surface area contributed by atoms with Crippen LogP contribution >= 0.6 is 11.3 Å². The number of nitrogens with one attached hydrogen (secondary N) is 2. The van der Waals surface area contributed by atoms with Crippen molar-refractivity contribution in [2.45, 2.75) is 26.8 Å². The summed E-state index contributed by atoms with van der Waals surface area (Å²) in [5.41, 5.74) is 3.88. The zero-order valence-corrected chi connectivity index (χ0v) is 18.9. The van der Waals surface area contributed by atoms with Crippen LogP contribution < -0.4 is 10.6 Å². The van der Waals surface area contributed by atoms with Crippen molar-refractivity contribution in [3.8, 4) is 16.3 Å². The summed E-state index contributed by atoms with van der Waals surface area (Å²) in [5, 5.41) is 12.5. The van der Waals surface area contributed by atoms with Crippen LogP contribution in [0.3, 0.4) is 0 Å².